The number of carbonyl (C=O) groups is 1. The second-order valence-electron chi connectivity index (χ2n) is 5.22. The van der Waals surface area contributed by atoms with Crippen molar-refractivity contribution in [2.24, 2.45) is 0 Å². The van der Waals surface area contributed by atoms with E-state index >= 15 is 0 Å². The molecule has 0 saturated carbocycles. The second-order valence-corrected chi connectivity index (χ2v) is 7.90. The van der Waals surface area contributed by atoms with Crippen molar-refractivity contribution < 1.29 is 18.3 Å². The van der Waals surface area contributed by atoms with E-state index in [2.05, 4.69) is 20.7 Å². The van der Waals surface area contributed by atoms with Gasteiger partial charge in [0.2, 0.25) is 15.9 Å². The fourth-order valence-corrected chi connectivity index (χ4v) is 3.91. The van der Waals surface area contributed by atoms with Crippen molar-refractivity contribution >= 4 is 31.9 Å². The number of hydrogen-bond donors (Lipinski definition) is 2. The molecule has 122 valence electrons. The summed E-state index contributed by atoms with van der Waals surface area (Å²) in [6.07, 6.45) is 0.938. The van der Waals surface area contributed by atoms with Crippen molar-refractivity contribution in [3.8, 4) is 0 Å². The average Bonchev–Trinajstić information content (AvgIpc) is 2.47. The van der Waals surface area contributed by atoms with Crippen molar-refractivity contribution in [3.05, 3.63) is 28.7 Å². The summed E-state index contributed by atoms with van der Waals surface area (Å²) >= 11 is 3.23. The summed E-state index contributed by atoms with van der Waals surface area (Å²) in [7, 11) is -3.61. The van der Waals surface area contributed by atoms with Gasteiger partial charge in [0.25, 0.3) is 0 Å². The van der Waals surface area contributed by atoms with Crippen LogP contribution in [0.1, 0.15) is 19.3 Å². The van der Waals surface area contributed by atoms with E-state index in [0.29, 0.717) is 30.4 Å². The molecule has 0 radical (unpaired) electrons. The minimum absolute atomic E-state index is 0.0622. The molecule has 1 aromatic rings. The number of amides is 1. The zero-order chi connectivity index (χ0) is 16.2. The van der Waals surface area contributed by atoms with Gasteiger partial charge in [-0.25, -0.2) is 13.1 Å². The molecule has 0 aliphatic carbocycles. The molecule has 0 aromatic heterocycles. The number of hydrogen-bond acceptors (Lipinski definition) is 4. The number of carbonyl (C=O) groups excluding carboxylic acids is 1. The SMILES string of the molecule is O=C(CCNS(=O)(=O)c1cccc(Br)c1)N1CCC(O)CC1. The Labute approximate surface area is 138 Å². The Bertz CT molecular complexity index is 627. The van der Waals surface area contributed by atoms with E-state index in [1.807, 2.05) is 0 Å². The highest BCUT2D eigenvalue weighted by Gasteiger charge is 2.21. The predicted octanol–water partition coefficient (Wildman–Crippen LogP) is 1.10. The summed E-state index contributed by atoms with van der Waals surface area (Å²) in [6, 6.07) is 6.40. The highest BCUT2D eigenvalue weighted by atomic mass is 79.9. The van der Waals surface area contributed by atoms with E-state index in [0.717, 1.165) is 0 Å². The van der Waals surface area contributed by atoms with Crippen LogP contribution in [0.25, 0.3) is 0 Å². The number of aliphatic hydroxyl groups excluding tert-OH is 1. The molecule has 6 nitrogen and oxygen atoms in total. The highest BCUT2D eigenvalue weighted by molar-refractivity contribution is 9.10. The van der Waals surface area contributed by atoms with Gasteiger partial charge in [-0.2, -0.15) is 0 Å². The molecule has 1 fully saturated rings. The fraction of sp³-hybridized carbons (Fsp3) is 0.500. The molecule has 2 N–H and O–H groups in total. The number of piperidine rings is 1. The quantitative estimate of drug-likeness (QED) is 0.787. The van der Waals surface area contributed by atoms with Gasteiger partial charge < -0.3 is 10.0 Å². The van der Waals surface area contributed by atoms with Gasteiger partial charge in [-0.05, 0) is 31.0 Å². The van der Waals surface area contributed by atoms with E-state index < -0.39 is 10.0 Å². The Balaban J connectivity index is 1.84. The van der Waals surface area contributed by atoms with Gasteiger partial charge in [0.05, 0.1) is 11.0 Å². The number of likely N-dealkylation sites (tertiary alicyclic amines) is 1. The Kier molecular flexibility index (Phi) is 5.96. The Morgan fingerprint density at radius 2 is 2.05 bits per heavy atom. The van der Waals surface area contributed by atoms with Crippen molar-refractivity contribution in [1.82, 2.24) is 9.62 Å². The summed E-state index contributed by atoms with van der Waals surface area (Å²) in [5.74, 6) is -0.0937. The molecule has 0 atom stereocenters. The lowest BCUT2D eigenvalue weighted by molar-refractivity contribution is -0.132. The maximum Gasteiger partial charge on any atom is 0.240 e. The number of nitrogens with one attached hydrogen (secondary N) is 1. The first-order valence-corrected chi connectivity index (χ1v) is 9.37. The van der Waals surface area contributed by atoms with Crippen LogP contribution in [0.2, 0.25) is 0 Å². The molecule has 1 aliphatic heterocycles. The predicted molar refractivity (Wildman–Crippen MR) is 85.8 cm³/mol. The second kappa shape index (κ2) is 7.54. The van der Waals surface area contributed by atoms with E-state index in [9.17, 15) is 18.3 Å². The Hall–Kier alpha value is -0.960. The van der Waals surface area contributed by atoms with Crippen LogP contribution in [-0.4, -0.2) is 50.1 Å². The monoisotopic (exact) mass is 390 g/mol. The number of rotatable bonds is 5. The molecule has 1 aromatic carbocycles. The molecule has 0 spiro atoms. The van der Waals surface area contributed by atoms with E-state index in [1.165, 1.54) is 12.1 Å². The summed E-state index contributed by atoms with van der Waals surface area (Å²) in [5, 5.41) is 9.41. The average molecular weight is 391 g/mol. The van der Waals surface area contributed by atoms with Crippen LogP contribution in [0.5, 0.6) is 0 Å². The summed E-state index contributed by atoms with van der Waals surface area (Å²) in [5.41, 5.74) is 0. The summed E-state index contributed by atoms with van der Waals surface area (Å²) < 4.78 is 27.3. The van der Waals surface area contributed by atoms with Gasteiger partial charge in [-0.1, -0.05) is 22.0 Å². The largest absolute Gasteiger partial charge is 0.393 e. The Morgan fingerprint density at radius 1 is 1.36 bits per heavy atom. The molecule has 0 unspecified atom stereocenters. The summed E-state index contributed by atoms with van der Waals surface area (Å²) in [4.78, 5) is 13.8. The van der Waals surface area contributed by atoms with Gasteiger partial charge in [-0.3, -0.25) is 4.79 Å². The molecule has 1 aliphatic rings. The van der Waals surface area contributed by atoms with E-state index in [4.69, 9.17) is 0 Å². The van der Waals surface area contributed by atoms with Gasteiger partial charge in [0.15, 0.2) is 0 Å². The minimum atomic E-state index is -3.61. The topological polar surface area (TPSA) is 86.7 Å². The van der Waals surface area contributed by atoms with E-state index in [1.54, 1.807) is 17.0 Å². The van der Waals surface area contributed by atoms with Crippen LogP contribution < -0.4 is 4.72 Å². The first-order valence-electron chi connectivity index (χ1n) is 7.09. The molecule has 1 saturated heterocycles. The first-order chi connectivity index (χ1) is 10.4. The van der Waals surface area contributed by atoms with Crippen molar-refractivity contribution in [2.75, 3.05) is 19.6 Å². The van der Waals surface area contributed by atoms with Crippen LogP contribution in [0, 0.1) is 0 Å². The van der Waals surface area contributed by atoms with Crippen molar-refractivity contribution in [2.45, 2.75) is 30.3 Å². The van der Waals surface area contributed by atoms with Crippen LogP contribution >= 0.6 is 15.9 Å². The number of benzene rings is 1. The maximum absolute atomic E-state index is 12.1. The smallest absolute Gasteiger partial charge is 0.240 e. The van der Waals surface area contributed by atoms with Crippen molar-refractivity contribution in [1.29, 1.82) is 0 Å². The molecule has 1 heterocycles. The fourth-order valence-electron chi connectivity index (χ4n) is 2.28. The number of halogens is 1. The van der Waals surface area contributed by atoms with Crippen LogP contribution in [0.4, 0.5) is 0 Å². The molecular formula is C14H19BrN2O4S. The molecule has 2 rings (SSSR count). The maximum atomic E-state index is 12.1. The van der Waals surface area contributed by atoms with Crippen LogP contribution in [-0.2, 0) is 14.8 Å². The molecule has 8 heteroatoms. The summed E-state index contributed by atoms with van der Waals surface area (Å²) in [6.45, 7) is 1.11. The number of sulfonamides is 1. The lowest BCUT2D eigenvalue weighted by Gasteiger charge is -2.29. The third kappa shape index (κ3) is 4.77. The van der Waals surface area contributed by atoms with Gasteiger partial charge >= 0.3 is 0 Å². The minimum Gasteiger partial charge on any atom is -0.393 e. The first kappa shape index (κ1) is 17.4. The van der Waals surface area contributed by atoms with E-state index in [-0.39, 0.29) is 29.9 Å². The lowest BCUT2D eigenvalue weighted by atomic mass is 10.1. The third-order valence-electron chi connectivity index (χ3n) is 3.55. The lowest BCUT2D eigenvalue weighted by Crippen LogP contribution is -2.41. The molecular weight excluding hydrogens is 372 g/mol. The zero-order valence-corrected chi connectivity index (χ0v) is 14.4. The molecule has 1 amide bonds. The normalized spacial score (nSPS) is 16.7. The van der Waals surface area contributed by atoms with Crippen LogP contribution in [0.15, 0.2) is 33.6 Å². The van der Waals surface area contributed by atoms with Gasteiger partial charge in [0.1, 0.15) is 0 Å². The van der Waals surface area contributed by atoms with Crippen LogP contribution in [0.3, 0.4) is 0 Å². The van der Waals surface area contributed by atoms with Gasteiger partial charge in [-0.15, -0.1) is 0 Å². The van der Waals surface area contributed by atoms with Crippen molar-refractivity contribution in [3.63, 3.8) is 0 Å². The molecule has 22 heavy (non-hydrogen) atoms. The third-order valence-corrected chi connectivity index (χ3v) is 5.51. The zero-order valence-electron chi connectivity index (χ0n) is 12.0. The molecule has 0 bridgehead atoms. The number of aliphatic hydroxyl groups is 1. The Morgan fingerprint density at radius 3 is 2.68 bits per heavy atom. The standard InChI is InChI=1S/C14H19BrN2O4S/c15-11-2-1-3-13(10-11)22(20,21)16-7-4-14(19)17-8-5-12(18)6-9-17/h1-3,10,12,16,18H,4-9H2. The van der Waals surface area contributed by atoms with Gasteiger partial charge in [0, 0.05) is 30.5 Å². The highest BCUT2D eigenvalue weighted by Crippen LogP contribution is 2.16. The number of nitrogens with zero attached hydrogens (tertiary/aromatic N) is 1.